The fourth-order valence-electron chi connectivity index (χ4n) is 3.53. The van der Waals surface area contributed by atoms with Crippen LogP contribution in [-0.2, 0) is 12.8 Å². The molecule has 23 heavy (non-hydrogen) atoms. The van der Waals surface area contributed by atoms with E-state index in [-0.39, 0.29) is 0 Å². The van der Waals surface area contributed by atoms with E-state index in [1.165, 1.54) is 52.4 Å². The molecule has 2 rings (SSSR count). The molecule has 0 bridgehead atoms. The topological polar surface area (TPSA) is 0 Å². The molecule has 0 fully saturated rings. The van der Waals surface area contributed by atoms with Crippen LogP contribution in [0.3, 0.4) is 0 Å². The van der Waals surface area contributed by atoms with Gasteiger partial charge in [0.1, 0.15) is 0 Å². The van der Waals surface area contributed by atoms with E-state index in [9.17, 15) is 0 Å². The minimum atomic E-state index is 0.612. The van der Waals surface area contributed by atoms with Gasteiger partial charge in [0.15, 0.2) is 0 Å². The maximum Gasteiger partial charge on any atom is -0.0122 e. The van der Waals surface area contributed by atoms with Crippen molar-refractivity contribution >= 4 is 19.5 Å². The molecular weight excluding hydrogens is 295 g/mol. The SMILES string of the molecule is C=C1CC(/C(C)=C/C=C\CC)Cc2cc(CCC)cc(PC)c21. The molecule has 2 atom stereocenters. The zero-order valence-electron chi connectivity index (χ0n) is 15.2. The molecule has 0 heterocycles. The predicted octanol–water partition coefficient (Wildman–Crippen LogP) is 6.06. The summed E-state index contributed by atoms with van der Waals surface area (Å²) in [6.45, 7) is 13.5. The molecule has 0 saturated carbocycles. The summed E-state index contributed by atoms with van der Waals surface area (Å²) in [5, 5.41) is 1.53. The molecule has 0 saturated heterocycles. The highest BCUT2D eigenvalue weighted by Crippen LogP contribution is 2.37. The third-order valence-corrected chi connectivity index (χ3v) is 5.71. The zero-order valence-corrected chi connectivity index (χ0v) is 16.2. The van der Waals surface area contributed by atoms with Crippen molar-refractivity contribution in [2.45, 2.75) is 52.9 Å². The number of allylic oxidation sites excluding steroid dienone is 5. The molecule has 0 amide bonds. The van der Waals surface area contributed by atoms with Gasteiger partial charge in [0.2, 0.25) is 0 Å². The Bertz CT molecular complexity index is 619. The van der Waals surface area contributed by atoms with Crippen molar-refractivity contribution in [3.8, 4) is 0 Å². The molecule has 1 aromatic rings. The molecule has 0 radical (unpaired) electrons. The van der Waals surface area contributed by atoms with E-state index >= 15 is 0 Å². The van der Waals surface area contributed by atoms with Crippen LogP contribution in [0, 0.1) is 5.92 Å². The summed E-state index contributed by atoms with van der Waals surface area (Å²) < 4.78 is 0. The van der Waals surface area contributed by atoms with Gasteiger partial charge in [0.25, 0.3) is 0 Å². The van der Waals surface area contributed by atoms with Gasteiger partial charge in [-0.1, -0.05) is 71.4 Å². The van der Waals surface area contributed by atoms with Crippen molar-refractivity contribution in [1.82, 2.24) is 0 Å². The first-order valence-corrected chi connectivity index (χ1v) is 10.5. The van der Waals surface area contributed by atoms with E-state index in [4.69, 9.17) is 0 Å². The van der Waals surface area contributed by atoms with Gasteiger partial charge in [0.05, 0.1) is 0 Å². The lowest BCUT2D eigenvalue weighted by atomic mass is 9.77. The van der Waals surface area contributed by atoms with Crippen molar-refractivity contribution in [3.05, 3.63) is 59.2 Å². The summed E-state index contributed by atoms with van der Waals surface area (Å²) in [6.07, 6.45) is 12.5. The van der Waals surface area contributed by atoms with Crippen LogP contribution < -0.4 is 5.30 Å². The number of hydrogen-bond donors (Lipinski definition) is 0. The summed E-state index contributed by atoms with van der Waals surface area (Å²) in [4.78, 5) is 0. The standard InChI is InChI=1S/C22H31P/c1-6-8-9-11-16(3)19-12-17(4)22-20(15-19)13-18(10-7-2)14-21(22)23-5/h8-9,11,13-14,19,23H,4,6-7,10,12,15H2,1-3,5H3/b9-8-,16-11+. The first kappa shape index (κ1) is 18.2. The first-order chi connectivity index (χ1) is 11.1. The van der Waals surface area contributed by atoms with Crippen molar-refractivity contribution < 1.29 is 0 Å². The molecule has 0 nitrogen and oxygen atoms in total. The van der Waals surface area contributed by atoms with Crippen LogP contribution in [0.15, 0.2) is 42.5 Å². The summed E-state index contributed by atoms with van der Waals surface area (Å²) >= 11 is 0. The third kappa shape index (κ3) is 4.45. The van der Waals surface area contributed by atoms with Gasteiger partial charge in [0, 0.05) is 0 Å². The fourth-order valence-corrected chi connectivity index (χ4v) is 4.44. The van der Waals surface area contributed by atoms with Gasteiger partial charge in [-0.15, -0.1) is 0 Å². The van der Waals surface area contributed by atoms with Crippen LogP contribution in [0.25, 0.3) is 5.57 Å². The van der Waals surface area contributed by atoms with E-state index in [0.29, 0.717) is 5.92 Å². The Morgan fingerprint density at radius 2 is 2.09 bits per heavy atom. The molecule has 0 aromatic heterocycles. The Morgan fingerprint density at radius 3 is 2.74 bits per heavy atom. The van der Waals surface area contributed by atoms with Crippen molar-refractivity contribution in [3.63, 3.8) is 0 Å². The molecule has 1 heteroatoms. The molecule has 124 valence electrons. The third-order valence-electron chi connectivity index (χ3n) is 4.78. The quantitative estimate of drug-likeness (QED) is 0.440. The second-order valence-electron chi connectivity index (χ2n) is 6.63. The summed E-state index contributed by atoms with van der Waals surface area (Å²) in [5.74, 6) is 0.612. The van der Waals surface area contributed by atoms with Gasteiger partial charge in [-0.05, 0) is 72.8 Å². The highest BCUT2D eigenvalue weighted by atomic mass is 31.1. The van der Waals surface area contributed by atoms with Gasteiger partial charge in [-0.3, -0.25) is 0 Å². The molecule has 1 aliphatic carbocycles. The predicted molar refractivity (Wildman–Crippen MR) is 108 cm³/mol. The lowest BCUT2D eigenvalue weighted by Crippen LogP contribution is -2.20. The molecular formula is C22H31P. The second-order valence-corrected chi connectivity index (χ2v) is 7.67. The minimum Gasteiger partial charge on any atom is -0.0952 e. The normalized spacial score (nSPS) is 19.0. The molecule has 1 aromatic carbocycles. The van der Waals surface area contributed by atoms with Crippen LogP contribution in [0.5, 0.6) is 0 Å². The van der Waals surface area contributed by atoms with Crippen molar-refractivity contribution in [1.29, 1.82) is 0 Å². The van der Waals surface area contributed by atoms with Crippen LogP contribution in [0.2, 0.25) is 0 Å². The summed E-state index contributed by atoms with van der Waals surface area (Å²) in [5.41, 5.74) is 7.36. The highest BCUT2D eigenvalue weighted by molar-refractivity contribution is 7.46. The number of benzene rings is 1. The van der Waals surface area contributed by atoms with Gasteiger partial charge in [-0.2, -0.15) is 0 Å². The average Bonchev–Trinajstić information content (AvgIpc) is 2.54. The van der Waals surface area contributed by atoms with E-state index in [2.05, 4.69) is 64.4 Å². The largest absolute Gasteiger partial charge is 0.0952 e. The number of rotatable bonds is 6. The Balaban J connectivity index is 2.34. The summed E-state index contributed by atoms with van der Waals surface area (Å²) in [6, 6.07) is 4.88. The van der Waals surface area contributed by atoms with Gasteiger partial charge >= 0.3 is 0 Å². The zero-order chi connectivity index (χ0) is 16.8. The molecule has 0 spiro atoms. The monoisotopic (exact) mass is 326 g/mol. The van der Waals surface area contributed by atoms with E-state index < -0.39 is 0 Å². The minimum absolute atomic E-state index is 0.612. The van der Waals surface area contributed by atoms with E-state index in [1.807, 2.05) is 0 Å². The van der Waals surface area contributed by atoms with E-state index in [0.717, 1.165) is 21.4 Å². The van der Waals surface area contributed by atoms with E-state index in [1.54, 1.807) is 0 Å². The molecule has 0 N–H and O–H groups in total. The van der Waals surface area contributed by atoms with Gasteiger partial charge < -0.3 is 0 Å². The molecule has 0 aliphatic heterocycles. The maximum absolute atomic E-state index is 4.43. The first-order valence-electron chi connectivity index (χ1n) is 8.95. The fraction of sp³-hybridized carbons (Fsp3) is 0.455. The number of fused-ring (bicyclic) bond motifs is 1. The maximum atomic E-state index is 4.43. The van der Waals surface area contributed by atoms with Gasteiger partial charge in [-0.25, -0.2) is 0 Å². The smallest absolute Gasteiger partial charge is 0.0122 e. The van der Waals surface area contributed by atoms with Crippen LogP contribution in [0.4, 0.5) is 0 Å². The van der Waals surface area contributed by atoms with Crippen LogP contribution in [-0.4, -0.2) is 6.66 Å². The highest BCUT2D eigenvalue weighted by Gasteiger charge is 2.24. The lowest BCUT2D eigenvalue weighted by molar-refractivity contribution is 0.611. The molecule has 1 aliphatic rings. The number of aryl methyl sites for hydroxylation is 1. The Labute approximate surface area is 144 Å². The number of hydrogen-bond acceptors (Lipinski definition) is 0. The van der Waals surface area contributed by atoms with Crippen molar-refractivity contribution in [2.75, 3.05) is 6.66 Å². The van der Waals surface area contributed by atoms with Crippen molar-refractivity contribution in [2.24, 2.45) is 5.92 Å². The Morgan fingerprint density at radius 1 is 1.30 bits per heavy atom. The summed E-state index contributed by atoms with van der Waals surface area (Å²) in [7, 11) is 0.856. The van der Waals surface area contributed by atoms with Crippen LogP contribution >= 0.6 is 8.58 Å². The Kier molecular flexibility index (Phi) is 6.85. The molecule has 2 unspecified atom stereocenters. The van der Waals surface area contributed by atoms with Crippen LogP contribution in [0.1, 0.15) is 56.7 Å². The average molecular weight is 326 g/mol. The Hall–Kier alpha value is -1.13. The lowest BCUT2D eigenvalue weighted by Gasteiger charge is -2.29. The second kappa shape index (κ2) is 8.65.